The number of hydroxylamine groups is 1. The van der Waals surface area contributed by atoms with Crippen LogP contribution in [0.5, 0.6) is 0 Å². The Morgan fingerprint density at radius 3 is 2.42 bits per heavy atom. The summed E-state index contributed by atoms with van der Waals surface area (Å²) < 4.78 is 10.9. The average Bonchev–Trinajstić information content (AvgIpc) is 2.89. The molecular formula is C24H31N3O6. The van der Waals surface area contributed by atoms with E-state index in [1.54, 1.807) is 15.3 Å². The molecule has 0 spiro atoms. The van der Waals surface area contributed by atoms with Crippen LogP contribution in [0.2, 0.25) is 0 Å². The highest BCUT2D eigenvalue weighted by atomic mass is 16.6. The van der Waals surface area contributed by atoms with Gasteiger partial charge in [0.25, 0.3) is 0 Å². The van der Waals surface area contributed by atoms with Gasteiger partial charge in [0.05, 0.1) is 25.0 Å². The Kier molecular flexibility index (Phi) is 7.61. The quantitative estimate of drug-likeness (QED) is 0.529. The predicted molar refractivity (Wildman–Crippen MR) is 119 cm³/mol. The fourth-order valence-corrected chi connectivity index (χ4v) is 4.89. The van der Waals surface area contributed by atoms with Gasteiger partial charge in [0.15, 0.2) is 0 Å². The van der Waals surface area contributed by atoms with E-state index in [-0.39, 0.29) is 12.3 Å². The second-order valence-electron chi connectivity index (χ2n) is 8.74. The van der Waals surface area contributed by atoms with Crippen LogP contribution < -0.4 is 5.48 Å². The molecule has 0 radical (unpaired) electrons. The lowest BCUT2D eigenvalue weighted by atomic mass is 9.76. The highest BCUT2D eigenvalue weighted by Crippen LogP contribution is 2.35. The number of carbonyl (C=O) groups is 3. The molecule has 1 aromatic carbocycles. The first kappa shape index (κ1) is 23.3. The van der Waals surface area contributed by atoms with Gasteiger partial charge >= 0.3 is 6.09 Å². The van der Waals surface area contributed by atoms with E-state index in [4.69, 9.17) is 9.47 Å². The van der Waals surface area contributed by atoms with Gasteiger partial charge in [-0.3, -0.25) is 14.8 Å². The lowest BCUT2D eigenvalue weighted by Crippen LogP contribution is -2.49. The van der Waals surface area contributed by atoms with Crippen molar-refractivity contribution in [2.45, 2.75) is 31.8 Å². The number of hydrogen-bond acceptors (Lipinski definition) is 6. The third kappa shape index (κ3) is 5.54. The summed E-state index contributed by atoms with van der Waals surface area (Å²) in [7, 11) is 0. The van der Waals surface area contributed by atoms with Gasteiger partial charge < -0.3 is 19.3 Å². The molecule has 1 saturated heterocycles. The number of nitrogens with zero attached hydrogens (tertiary/aromatic N) is 2. The van der Waals surface area contributed by atoms with Gasteiger partial charge in [-0.25, -0.2) is 10.3 Å². The van der Waals surface area contributed by atoms with E-state index >= 15 is 0 Å². The van der Waals surface area contributed by atoms with Crippen molar-refractivity contribution >= 4 is 23.5 Å². The van der Waals surface area contributed by atoms with E-state index in [1.165, 1.54) is 5.57 Å². The first-order chi connectivity index (χ1) is 16.1. The number of morpholine rings is 1. The standard InChI is InChI=1S/C24H31N3O6/c28-22(25-31)21-16-19(33-24(30)27-12-14-32-15-13-27)6-7-20(21)23(29)26-10-8-18(9-11-26)17-4-2-1-3-5-17/h1-5,8,19-21,31H,6-7,9-16H2,(H,25,28)/t19-,20-,21-/m0/s1. The van der Waals surface area contributed by atoms with Gasteiger partial charge in [-0.15, -0.1) is 0 Å². The third-order valence-corrected chi connectivity index (χ3v) is 6.77. The van der Waals surface area contributed by atoms with Gasteiger partial charge in [-0.05, 0) is 36.8 Å². The van der Waals surface area contributed by atoms with Gasteiger partial charge in [0, 0.05) is 26.2 Å². The Hall–Kier alpha value is -2.91. The lowest BCUT2D eigenvalue weighted by Gasteiger charge is -2.38. The maximum absolute atomic E-state index is 13.3. The highest BCUT2D eigenvalue weighted by Gasteiger charge is 2.42. The van der Waals surface area contributed by atoms with Crippen LogP contribution in [0.3, 0.4) is 0 Å². The molecule has 1 aromatic rings. The van der Waals surface area contributed by atoms with E-state index in [2.05, 4.69) is 18.2 Å². The summed E-state index contributed by atoms with van der Waals surface area (Å²) in [6, 6.07) is 10.1. The molecule has 33 heavy (non-hydrogen) atoms. The molecule has 9 heteroatoms. The van der Waals surface area contributed by atoms with Crippen molar-refractivity contribution in [2.75, 3.05) is 39.4 Å². The van der Waals surface area contributed by atoms with E-state index in [9.17, 15) is 19.6 Å². The van der Waals surface area contributed by atoms with Crippen molar-refractivity contribution in [1.29, 1.82) is 0 Å². The fraction of sp³-hybridized carbons (Fsp3) is 0.542. The zero-order valence-corrected chi connectivity index (χ0v) is 18.7. The number of carbonyl (C=O) groups excluding carboxylic acids is 3. The molecule has 1 aliphatic carbocycles. The normalized spacial score (nSPS) is 25.7. The molecule has 0 bridgehead atoms. The summed E-state index contributed by atoms with van der Waals surface area (Å²) in [5.41, 5.74) is 4.07. The molecule has 178 valence electrons. The monoisotopic (exact) mass is 457 g/mol. The molecule has 4 rings (SSSR count). The van der Waals surface area contributed by atoms with E-state index in [1.807, 2.05) is 18.2 Å². The number of amides is 3. The fourth-order valence-electron chi connectivity index (χ4n) is 4.89. The maximum atomic E-state index is 13.3. The Morgan fingerprint density at radius 2 is 1.76 bits per heavy atom. The molecule has 2 heterocycles. The Morgan fingerprint density at radius 1 is 1.00 bits per heavy atom. The van der Waals surface area contributed by atoms with Crippen molar-refractivity contribution in [3.63, 3.8) is 0 Å². The smallest absolute Gasteiger partial charge is 0.410 e. The van der Waals surface area contributed by atoms with Crippen LogP contribution >= 0.6 is 0 Å². The largest absolute Gasteiger partial charge is 0.446 e. The minimum absolute atomic E-state index is 0.0927. The Balaban J connectivity index is 1.38. The van der Waals surface area contributed by atoms with Crippen LogP contribution in [0.25, 0.3) is 5.57 Å². The second kappa shape index (κ2) is 10.8. The highest BCUT2D eigenvalue weighted by molar-refractivity contribution is 5.88. The molecule has 2 fully saturated rings. The molecule has 2 N–H and O–H groups in total. The molecule has 0 unspecified atom stereocenters. The number of benzene rings is 1. The van der Waals surface area contributed by atoms with E-state index in [0.717, 1.165) is 12.0 Å². The second-order valence-corrected chi connectivity index (χ2v) is 8.74. The Bertz CT molecular complexity index is 883. The summed E-state index contributed by atoms with van der Waals surface area (Å²) in [6.07, 6.45) is 3.04. The van der Waals surface area contributed by atoms with Crippen LogP contribution in [0.15, 0.2) is 36.4 Å². The third-order valence-electron chi connectivity index (χ3n) is 6.77. The van der Waals surface area contributed by atoms with Crippen LogP contribution in [0.4, 0.5) is 4.79 Å². The van der Waals surface area contributed by atoms with Crippen LogP contribution in [-0.4, -0.2) is 78.4 Å². The molecule has 3 atom stereocenters. The van der Waals surface area contributed by atoms with Crippen LogP contribution in [0.1, 0.15) is 31.2 Å². The van der Waals surface area contributed by atoms with Gasteiger partial charge in [-0.1, -0.05) is 36.4 Å². The molecule has 9 nitrogen and oxygen atoms in total. The maximum Gasteiger partial charge on any atom is 0.410 e. The minimum Gasteiger partial charge on any atom is -0.446 e. The SMILES string of the molecule is O=C(NO)[C@H]1C[C@@H](OC(=O)N2CCOCC2)CC[C@@H]1C(=O)N1CC=C(c2ccccc2)CC1. The van der Waals surface area contributed by atoms with Crippen molar-refractivity contribution in [1.82, 2.24) is 15.3 Å². The van der Waals surface area contributed by atoms with Crippen molar-refractivity contribution in [3.8, 4) is 0 Å². The molecule has 0 aromatic heterocycles. The minimum atomic E-state index is -0.752. The molecule has 3 amide bonds. The van der Waals surface area contributed by atoms with Gasteiger partial charge in [0.2, 0.25) is 11.8 Å². The van der Waals surface area contributed by atoms with Crippen LogP contribution in [-0.2, 0) is 19.1 Å². The van der Waals surface area contributed by atoms with Gasteiger partial charge in [0.1, 0.15) is 6.10 Å². The zero-order chi connectivity index (χ0) is 23.2. The zero-order valence-electron chi connectivity index (χ0n) is 18.7. The Labute approximate surface area is 193 Å². The van der Waals surface area contributed by atoms with Crippen molar-refractivity contribution in [3.05, 3.63) is 42.0 Å². The van der Waals surface area contributed by atoms with Crippen molar-refractivity contribution in [2.24, 2.45) is 11.8 Å². The average molecular weight is 458 g/mol. The summed E-state index contributed by atoms with van der Waals surface area (Å²) in [5.74, 6) is -2.01. The topological polar surface area (TPSA) is 108 Å². The summed E-state index contributed by atoms with van der Waals surface area (Å²) >= 11 is 0. The first-order valence-electron chi connectivity index (χ1n) is 11.6. The van der Waals surface area contributed by atoms with Gasteiger partial charge in [-0.2, -0.15) is 0 Å². The predicted octanol–water partition coefficient (Wildman–Crippen LogP) is 2.06. The van der Waals surface area contributed by atoms with E-state index < -0.39 is 29.9 Å². The summed E-state index contributed by atoms with van der Waals surface area (Å²) in [5, 5.41) is 9.27. The number of ether oxygens (including phenoxy) is 2. The summed E-state index contributed by atoms with van der Waals surface area (Å²) in [6.45, 7) is 2.97. The van der Waals surface area contributed by atoms with E-state index in [0.29, 0.717) is 52.2 Å². The molecule has 3 aliphatic rings. The van der Waals surface area contributed by atoms with Crippen molar-refractivity contribution < 1.29 is 29.1 Å². The lowest BCUT2D eigenvalue weighted by molar-refractivity contribution is -0.149. The molecular weight excluding hydrogens is 426 g/mol. The number of nitrogens with one attached hydrogen (secondary N) is 1. The first-order valence-corrected chi connectivity index (χ1v) is 11.6. The van der Waals surface area contributed by atoms with Crippen LogP contribution in [0, 0.1) is 11.8 Å². The summed E-state index contributed by atoms with van der Waals surface area (Å²) in [4.78, 5) is 41.5. The molecule has 1 saturated carbocycles. The molecule has 2 aliphatic heterocycles. The number of hydrogen-bond donors (Lipinski definition) is 2. The number of rotatable bonds is 4.